The zero-order chi connectivity index (χ0) is 21.3. The maximum atomic E-state index is 14.2. The molecule has 0 amide bonds. The summed E-state index contributed by atoms with van der Waals surface area (Å²) in [6.45, 7) is 4.80. The van der Waals surface area contributed by atoms with Crippen LogP contribution in [0.4, 0.5) is 8.78 Å². The van der Waals surface area contributed by atoms with Crippen molar-refractivity contribution in [3.05, 3.63) is 23.8 Å². The van der Waals surface area contributed by atoms with Crippen molar-refractivity contribution in [1.29, 1.82) is 0 Å². The van der Waals surface area contributed by atoms with Crippen molar-refractivity contribution in [2.75, 3.05) is 13.2 Å². The lowest BCUT2D eigenvalue weighted by Gasteiger charge is -2.41. The molecule has 2 unspecified atom stereocenters. The van der Waals surface area contributed by atoms with Crippen LogP contribution in [0.5, 0.6) is 11.5 Å². The van der Waals surface area contributed by atoms with Crippen molar-refractivity contribution < 1.29 is 18.3 Å². The van der Waals surface area contributed by atoms with E-state index in [0.717, 1.165) is 36.5 Å². The molecule has 0 aromatic heterocycles. The molecule has 4 heteroatoms. The van der Waals surface area contributed by atoms with Gasteiger partial charge in [0.15, 0.2) is 11.5 Å². The fourth-order valence-corrected chi connectivity index (χ4v) is 5.95. The lowest BCUT2D eigenvalue weighted by atomic mass is 9.65. The summed E-state index contributed by atoms with van der Waals surface area (Å²) in [5.74, 6) is 1.54. The molecule has 0 radical (unpaired) electrons. The van der Waals surface area contributed by atoms with Crippen LogP contribution in [0.2, 0.25) is 0 Å². The maximum absolute atomic E-state index is 14.2. The Kier molecular flexibility index (Phi) is 9.27. The highest BCUT2D eigenvalue weighted by atomic mass is 19.2. The predicted octanol–water partition coefficient (Wildman–Crippen LogP) is 7.94. The molecule has 0 spiro atoms. The molecule has 0 heterocycles. The first-order valence-corrected chi connectivity index (χ1v) is 12.4. The zero-order valence-electron chi connectivity index (χ0n) is 18.9. The number of rotatable bonds is 10. The van der Waals surface area contributed by atoms with Crippen LogP contribution in [0.3, 0.4) is 0 Å². The van der Waals surface area contributed by atoms with Crippen LogP contribution >= 0.6 is 0 Å². The van der Waals surface area contributed by atoms with E-state index in [2.05, 4.69) is 6.92 Å². The van der Waals surface area contributed by atoms with Crippen molar-refractivity contribution in [1.82, 2.24) is 0 Å². The quantitative estimate of drug-likeness (QED) is 0.356. The summed E-state index contributed by atoms with van der Waals surface area (Å²) in [6.07, 6.45) is 15.9. The summed E-state index contributed by atoms with van der Waals surface area (Å²) in [5.41, 5.74) is 0. The highest BCUT2D eigenvalue weighted by molar-refractivity contribution is 5.35. The van der Waals surface area contributed by atoms with E-state index in [1.54, 1.807) is 6.92 Å². The van der Waals surface area contributed by atoms with Crippen LogP contribution in [-0.4, -0.2) is 13.2 Å². The first-order chi connectivity index (χ1) is 14.6. The van der Waals surface area contributed by atoms with E-state index >= 15 is 0 Å². The second kappa shape index (κ2) is 11.9. The van der Waals surface area contributed by atoms with E-state index in [0.29, 0.717) is 13.2 Å². The minimum Gasteiger partial charge on any atom is -0.491 e. The van der Waals surface area contributed by atoms with E-state index in [4.69, 9.17) is 9.47 Å². The maximum Gasteiger partial charge on any atom is 0.204 e. The molecular formula is C26H40F2O2. The largest absolute Gasteiger partial charge is 0.491 e. The van der Waals surface area contributed by atoms with E-state index in [-0.39, 0.29) is 11.5 Å². The number of halogens is 2. The lowest BCUT2D eigenvalue weighted by Crippen LogP contribution is -2.30. The number of hydrogen-bond donors (Lipinski definition) is 0. The van der Waals surface area contributed by atoms with Crippen molar-refractivity contribution in [3.63, 3.8) is 0 Å². The topological polar surface area (TPSA) is 18.5 Å². The van der Waals surface area contributed by atoms with Gasteiger partial charge in [-0.2, -0.15) is 8.78 Å². The third kappa shape index (κ3) is 6.11. The molecule has 0 bridgehead atoms. The molecule has 2 nitrogen and oxygen atoms in total. The molecule has 3 rings (SSSR count). The molecule has 1 aromatic rings. The third-order valence-corrected chi connectivity index (χ3v) is 7.45. The van der Waals surface area contributed by atoms with E-state index in [1.807, 2.05) is 0 Å². The second-order valence-electron chi connectivity index (χ2n) is 9.39. The number of ether oxygens (including phenoxy) is 2. The number of benzene rings is 1. The summed E-state index contributed by atoms with van der Waals surface area (Å²) in [5, 5.41) is 0. The standard InChI is InChI=1S/C26H40F2O2/c1-3-8-19-12-14-21(15-13-19)22-11-6-5-9-20(22)10-7-18-30-24-17-16-23(29-4-2)25(27)26(24)28/h16-17,19-22H,3-15,18H2,1-2H3. The summed E-state index contributed by atoms with van der Waals surface area (Å²) >= 11 is 0. The zero-order valence-corrected chi connectivity index (χ0v) is 18.9. The van der Waals surface area contributed by atoms with Crippen LogP contribution in [0.25, 0.3) is 0 Å². The van der Waals surface area contributed by atoms with Crippen LogP contribution in [0.15, 0.2) is 12.1 Å². The van der Waals surface area contributed by atoms with Gasteiger partial charge in [-0.3, -0.25) is 0 Å². The van der Waals surface area contributed by atoms with Gasteiger partial charge in [0.1, 0.15) is 0 Å². The molecule has 2 fully saturated rings. The van der Waals surface area contributed by atoms with Gasteiger partial charge in [0.05, 0.1) is 13.2 Å². The Morgan fingerprint density at radius 2 is 1.50 bits per heavy atom. The first kappa shape index (κ1) is 23.3. The van der Waals surface area contributed by atoms with Crippen LogP contribution in [-0.2, 0) is 0 Å². The molecule has 170 valence electrons. The van der Waals surface area contributed by atoms with Crippen molar-refractivity contribution >= 4 is 0 Å². The Bertz CT molecular complexity index is 640. The fraction of sp³-hybridized carbons (Fsp3) is 0.769. The van der Waals surface area contributed by atoms with Crippen molar-refractivity contribution in [2.45, 2.75) is 90.9 Å². The minimum absolute atomic E-state index is 0.00889. The minimum atomic E-state index is -0.958. The molecule has 2 aliphatic carbocycles. The molecule has 30 heavy (non-hydrogen) atoms. The fourth-order valence-electron chi connectivity index (χ4n) is 5.95. The van der Waals surface area contributed by atoms with Gasteiger partial charge in [0.2, 0.25) is 11.6 Å². The summed E-state index contributed by atoms with van der Waals surface area (Å²) < 4.78 is 38.9. The monoisotopic (exact) mass is 422 g/mol. The number of hydrogen-bond acceptors (Lipinski definition) is 2. The van der Waals surface area contributed by atoms with Gasteiger partial charge >= 0.3 is 0 Å². The van der Waals surface area contributed by atoms with Gasteiger partial charge in [0.25, 0.3) is 0 Å². The Morgan fingerprint density at radius 3 is 2.17 bits per heavy atom. The summed E-state index contributed by atoms with van der Waals surface area (Å²) in [7, 11) is 0. The Morgan fingerprint density at radius 1 is 0.833 bits per heavy atom. The first-order valence-electron chi connectivity index (χ1n) is 12.4. The molecule has 1 aromatic carbocycles. The van der Waals surface area contributed by atoms with Gasteiger partial charge in [-0.25, -0.2) is 0 Å². The molecule has 0 saturated heterocycles. The molecule has 2 saturated carbocycles. The molecule has 2 aliphatic rings. The van der Waals surface area contributed by atoms with Crippen LogP contribution in [0, 0.1) is 35.3 Å². The van der Waals surface area contributed by atoms with Gasteiger partial charge in [0, 0.05) is 0 Å². The highest BCUT2D eigenvalue weighted by Crippen LogP contribution is 2.45. The Labute approximate surface area is 181 Å². The summed E-state index contributed by atoms with van der Waals surface area (Å²) in [4.78, 5) is 0. The van der Waals surface area contributed by atoms with Crippen molar-refractivity contribution in [2.24, 2.45) is 23.7 Å². The van der Waals surface area contributed by atoms with E-state index < -0.39 is 11.6 Å². The normalized spacial score (nSPS) is 27.1. The van der Waals surface area contributed by atoms with E-state index in [9.17, 15) is 8.78 Å². The third-order valence-electron chi connectivity index (χ3n) is 7.45. The van der Waals surface area contributed by atoms with Gasteiger partial charge < -0.3 is 9.47 Å². The van der Waals surface area contributed by atoms with E-state index in [1.165, 1.54) is 76.3 Å². The average molecular weight is 423 g/mol. The highest BCUT2D eigenvalue weighted by Gasteiger charge is 2.33. The van der Waals surface area contributed by atoms with Crippen LogP contribution < -0.4 is 9.47 Å². The molecule has 0 aliphatic heterocycles. The molecular weight excluding hydrogens is 382 g/mol. The average Bonchev–Trinajstić information content (AvgIpc) is 2.77. The Hall–Kier alpha value is -1.32. The SMILES string of the molecule is CCCC1CCC(C2CCCCC2CCCOc2ccc(OCC)c(F)c2F)CC1. The lowest BCUT2D eigenvalue weighted by molar-refractivity contribution is 0.101. The van der Waals surface area contributed by atoms with Gasteiger partial charge in [-0.15, -0.1) is 0 Å². The van der Waals surface area contributed by atoms with Gasteiger partial charge in [-0.05, 0) is 74.8 Å². The predicted molar refractivity (Wildman–Crippen MR) is 118 cm³/mol. The summed E-state index contributed by atoms with van der Waals surface area (Å²) in [6, 6.07) is 2.92. The Balaban J connectivity index is 1.46. The smallest absolute Gasteiger partial charge is 0.204 e. The van der Waals surface area contributed by atoms with Gasteiger partial charge in [-0.1, -0.05) is 51.9 Å². The van der Waals surface area contributed by atoms with Crippen molar-refractivity contribution in [3.8, 4) is 11.5 Å². The second-order valence-corrected chi connectivity index (χ2v) is 9.39. The van der Waals surface area contributed by atoms with Crippen LogP contribution in [0.1, 0.15) is 90.9 Å². The molecule has 0 N–H and O–H groups in total. The molecule has 2 atom stereocenters.